The van der Waals surface area contributed by atoms with Crippen molar-refractivity contribution in [1.82, 2.24) is 0 Å². The average molecular weight is 426 g/mol. The minimum absolute atomic E-state index is 0.169. The van der Waals surface area contributed by atoms with Gasteiger partial charge in [-0.1, -0.05) is 25.1 Å². The maximum absolute atomic E-state index is 12.1. The lowest BCUT2D eigenvalue weighted by molar-refractivity contribution is -1.04. The normalized spacial score (nSPS) is 53.7. The second kappa shape index (κ2) is 6.25. The van der Waals surface area contributed by atoms with E-state index in [1.807, 2.05) is 0 Å². The van der Waals surface area contributed by atoms with Crippen LogP contribution in [0.1, 0.15) is 51.0 Å². The standard InChI is InChI=1S/C26H37N2O3/c1-3-16-17-12-20-23-26(18-9-4-5-10-19(18)27(23)2)13-21(22(17)24(26)29)28(20,25(16)30)14-15-8-6-7-11-31-15/h4-5,9-10,15-17,20-25,29-30H,3,6-8,11-14H2,1-2H3/q+1/t15-,16+,17+,20+,21+,22-,23+,24+,25-,26+,28-/m1/s1. The van der Waals surface area contributed by atoms with E-state index in [9.17, 15) is 10.2 Å². The van der Waals surface area contributed by atoms with Crippen LogP contribution in [0.15, 0.2) is 24.3 Å². The minimum atomic E-state index is -0.319. The Morgan fingerprint density at radius 1 is 1.19 bits per heavy atom. The van der Waals surface area contributed by atoms with E-state index < -0.39 is 0 Å². The summed E-state index contributed by atoms with van der Waals surface area (Å²) in [6.07, 6.45) is 6.30. The van der Waals surface area contributed by atoms with E-state index in [1.54, 1.807) is 0 Å². The molecule has 1 aromatic carbocycles. The fraction of sp³-hybridized carbons (Fsp3) is 0.769. The number of hydrogen-bond acceptors (Lipinski definition) is 4. The number of nitrogens with zero attached hydrogens (tertiary/aromatic N) is 2. The number of para-hydroxylation sites is 1. The minimum Gasteiger partial charge on any atom is -0.392 e. The fourth-order valence-electron chi connectivity index (χ4n) is 10.1. The molecule has 31 heavy (non-hydrogen) atoms. The summed E-state index contributed by atoms with van der Waals surface area (Å²) in [5, 5.41) is 24.1. The summed E-state index contributed by atoms with van der Waals surface area (Å²) in [7, 11) is 2.24. The van der Waals surface area contributed by atoms with Crippen LogP contribution < -0.4 is 4.90 Å². The highest BCUT2D eigenvalue weighted by Gasteiger charge is 2.83. The monoisotopic (exact) mass is 425 g/mol. The Morgan fingerprint density at radius 3 is 2.81 bits per heavy atom. The van der Waals surface area contributed by atoms with Crippen LogP contribution in [0.25, 0.3) is 0 Å². The van der Waals surface area contributed by atoms with Crippen molar-refractivity contribution in [1.29, 1.82) is 0 Å². The van der Waals surface area contributed by atoms with Crippen LogP contribution >= 0.6 is 0 Å². The van der Waals surface area contributed by atoms with E-state index in [1.165, 1.54) is 17.7 Å². The molecule has 0 aromatic heterocycles. The van der Waals surface area contributed by atoms with Crippen molar-refractivity contribution in [3.63, 3.8) is 0 Å². The van der Waals surface area contributed by atoms with E-state index in [4.69, 9.17) is 4.74 Å². The highest BCUT2D eigenvalue weighted by Crippen LogP contribution is 2.71. The van der Waals surface area contributed by atoms with E-state index in [0.717, 1.165) is 49.7 Å². The second-order valence-corrected chi connectivity index (χ2v) is 11.5. The smallest absolute Gasteiger partial charge is 0.194 e. The van der Waals surface area contributed by atoms with Crippen molar-refractivity contribution in [3.8, 4) is 0 Å². The highest BCUT2D eigenvalue weighted by molar-refractivity contribution is 5.66. The molecule has 5 nitrogen and oxygen atoms in total. The maximum Gasteiger partial charge on any atom is 0.194 e. The summed E-state index contributed by atoms with van der Waals surface area (Å²) in [5.41, 5.74) is 2.49. The molecular weight excluding hydrogens is 388 g/mol. The van der Waals surface area contributed by atoms with Gasteiger partial charge >= 0.3 is 0 Å². The lowest BCUT2D eigenvalue weighted by atomic mass is 9.60. The van der Waals surface area contributed by atoms with Gasteiger partial charge in [-0.05, 0) is 43.2 Å². The Morgan fingerprint density at radius 2 is 2.03 bits per heavy atom. The molecule has 0 radical (unpaired) electrons. The first-order chi connectivity index (χ1) is 15.1. The molecule has 168 valence electrons. The Balaban J connectivity index is 1.42. The first-order valence-electron chi connectivity index (χ1n) is 12.7. The van der Waals surface area contributed by atoms with Crippen LogP contribution in [0.4, 0.5) is 5.69 Å². The van der Waals surface area contributed by atoms with Crippen LogP contribution in [0, 0.1) is 17.8 Å². The first-order valence-corrected chi connectivity index (χ1v) is 12.7. The maximum atomic E-state index is 12.1. The largest absolute Gasteiger partial charge is 0.392 e. The first kappa shape index (κ1) is 19.3. The van der Waals surface area contributed by atoms with Crippen molar-refractivity contribution in [2.24, 2.45) is 17.8 Å². The highest BCUT2D eigenvalue weighted by atomic mass is 16.5. The van der Waals surface area contributed by atoms with Gasteiger partial charge in [0.2, 0.25) is 0 Å². The zero-order valence-electron chi connectivity index (χ0n) is 18.9. The number of anilines is 1. The van der Waals surface area contributed by atoms with Crippen LogP contribution in [0.2, 0.25) is 0 Å². The molecule has 6 aliphatic heterocycles. The van der Waals surface area contributed by atoms with Gasteiger partial charge < -0.3 is 19.8 Å². The number of likely N-dealkylation sites (N-methyl/N-ethyl adjacent to an activating group) is 1. The number of aliphatic hydroxyl groups excluding tert-OH is 2. The topological polar surface area (TPSA) is 52.9 Å². The molecule has 11 atom stereocenters. The summed E-state index contributed by atoms with van der Waals surface area (Å²) in [6.45, 7) is 4.03. The molecule has 8 rings (SSSR count). The summed E-state index contributed by atoms with van der Waals surface area (Å²) in [5.74, 6) is 1.05. The third-order valence-electron chi connectivity index (χ3n) is 10.9. The predicted molar refractivity (Wildman–Crippen MR) is 119 cm³/mol. The van der Waals surface area contributed by atoms with Crippen LogP contribution in [0.3, 0.4) is 0 Å². The number of aliphatic hydroxyl groups is 2. The van der Waals surface area contributed by atoms with Crippen molar-refractivity contribution in [2.75, 3.05) is 25.1 Å². The van der Waals surface area contributed by atoms with Gasteiger partial charge in [0.15, 0.2) is 6.23 Å². The van der Waals surface area contributed by atoms with Crippen molar-refractivity contribution < 1.29 is 19.4 Å². The van der Waals surface area contributed by atoms with Crippen LogP contribution in [-0.2, 0) is 10.2 Å². The molecule has 1 aromatic rings. The Labute approximate surface area is 185 Å². The summed E-state index contributed by atoms with van der Waals surface area (Å²) in [4.78, 5) is 2.48. The van der Waals surface area contributed by atoms with Gasteiger partial charge in [-0.25, -0.2) is 0 Å². The second-order valence-electron chi connectivity index (χ2n) is 11.5. The fourth-order valence-corrected chi connectivity index (χ4v) is 10.1. The number of quaternary nitrogens is 1. The summed E-state index contributed by atoms with van der Waals surface area (Å²) in [6, 6.07) is 9.80. The number of rotatable bonds is 3. The third-order valence-corrected chi connectivity index (χ3v) is 10.9. The molecule has 1 aliphatic carbocycles. The lowest BCUT2D eigenvalue weighted by Crippen LogP contribution is -2.83. The molecular formula is C26H37N2O3+. The molecule has 6 fully saturated rings. The quantitative estimate of drug-likeness (QED) is 0.731. The molecule has 0 unspecified atom stereocenters. The molecule has 6 heterocycles. The lowest BCUT2D eigenvalue weighted by Gasteiger charge is -2.68. The molecule has 0 amide bonds. The molecule has 5 heteroatoms. The van der Waals surface area contributed by atoms with Gasteiger partial charge in [0, 0.05) is 44.0 Å². The zero-order chi connectivity index (χ0) is 21.1. The van der Waals surface area contributed by atoms with Gasteiger partial charge in [-0.2, -0.15) is 0 Å². The van der Waals surface area contributed by atoms with E-state index in [2.05, 4.69) is 43.1 Å². The Kier molecular flexibility index (Phi) is 3.90. The van der Waals surface area contributed by atoms with Crippen molar-refractivity contribution in [3.05, 3.63) is 29.8 Å². The SMILES string of the molecule is CC[C@H]1[C@@H]2C[C@H]3[C@@H]4N(C)c5ccccc5[C@@]45C[C@@H]([C@@H]2[C@@H]5O)[N@+]3(C[C@H]2CCCCO2)[C@@H]1O. The van der Waals surface area contributed by atoms with Gasteiger partial charge in [-0.3, -0.25) is 4.48 Å². The molecule has 5 saturated heterocycles. The van der Waals surface area contributed by atoms with E-state index in [0.29, 0.717) is 29.8 Å². The van der Waals surface area contributed by atoms with E-state index in [-0.39, 0.29) is 29.9 Å². The van der Waals surface area contributed by atoms with E-state index >= 15 is 0 Å². The molecule has 2 N–H and O–H groups in total. The van der Waals surface area contributed by atoms with Crippen molar-refractivity contribution >= 4 is 5.69 Å². The zero-order valence-corrected chi connectivity index (χ0v) is 18.9. The molecule has 1 spiro atoms. The van der Waals surface area contributed by atoms with Gasteiger partial charge in [0.25, 0.3) is 0 Å². The molecule has 1 saturated carbocycles. The van der Waals surface area contributed by atoms with Crippen LogP contribution in [0.5, 0.6) is 0 Å². The number of benzene rings is 1. The number of hydrogen-bond donors (Lipinski definition) is 2. The van der Waals surface area contributed by atoms with Crippen molar-refractivity contribution in [2.45, 2.75) is 87.4 Å². The van der Waals surface area contributed by atoms with Gasteiger partial charge in [0.1, 0.15) is 18.7 Å². The molecule has 7 aliphatic rings. The number of ether oxygens (including phenoxy) is 1. The van der Waals surface area contributed by atoms with Gasteiger partial charge in [0.05, 0.1) is 23.6 Å². The predicted octanol–water partition coefficient (Wildman–Crippen LogP) is 2.64. The van der Waals surface area contributed by atoms with Gasteiger partial charge in [-0.15, -0.1) is 0 Å². The van der Waals surface area contributed by atoms with Crippen LogP contribution in [-0.4, -0.2) is 71.5 Å². The molecule has 5 bridgehead atoms. The number of fused-ring (bicyclic) bond motifs is 2. The summed E-state index contributed by atoms with van der Waals surface area (Å²) < 4.78 is 7.08. The Bertz CT molecular complexity index is 902. The third kappa shape index (κ3) is 2.01. The average Bonchev–Trinajstić information content (AvgIpc) is 3.18. The summed E-state index contributed by atoms with van der Waals surface area (Å²) >= 11 is 0. The Hall–Kier alpha value is -1.14. The number of piperidine rings is 4.